The second kappa shape index (κ2) is 6.64. The molecule has 6 heteroatoms. The molecule has 0 saturated heterocycles. The lowest BCUT2D eigenvalue weighted by molar-refractivity contribution is 0.102. The number of halogens is 1. The summed E-state index contributed by atoms with van der Waals surface area (Å²) >= 11 is 0. The third-order valence-corrected chi connectivity index (χ3v) is 4.13. The van der Waals surface area contributed by atoms with Gasteiger partial charge in [-0.15, -0.1) is 0 Å². The highest BCUT2D eigenvalue weighted by atomic mass is 19.1. The average molecular weight is 361 g/mol. The van der Waals surface area contributed by atoms with Gasteiger partial charge in [0.1, 0.15) is 17.6 Å². The molecule has 134 valence electrons. The largest absolute Gasteiger partial charge is 0.444 e. The molecule has 0 fully saturated rings. The number of aryl methyl sites for hydroxylation is 2. The quantitative estimate of drug-likeness (QED) is 0.564. The van der Waals surface area contributed by atoms with E-state index in [1.165, 1.54) is 12.3 Å². The number of carbonyl (C=O) groups is 1. The number of nitrogens with zero attached hydrogens (tertiary/aromatic N) is 2. The number of hydrogen-bond acceptors (Lipinski definition) is 4. The van der Waals surface area contributed by atoms with Gasteiger partial charge in [0.2, 0.25) is 5.89 Å². The maximum atomic E-state index is 14.0. The summed E-state index contributed by atoms with van der Waals surface area (Å²) in [6.07, 6.45) is 2.94. The Morgan fingerprint density at radius 3 is 2.78 bits per heavy atom. The van der Waals surface area contributed by atoms with E-state index in [0.717, 1.165) is 16.8 Å². The molecular weight excluding hydrogens is 345 g/mol. The van der Waals surface area contributed by atoms with Crippen molar-refractivity contribution in [3.8, 4) is 11.5 Å². The Bertz CT molecular complexity index is 1170. The summed E-state index contributed by atoms with van der Waals surface area (Å²) in [4.78, 5) is 21.0. The monoisotopic (exact) mass is 361 g/mol. The number of aromatic nitrogens is 2. The van der Waals surface area contributed by atoms with Crippen LogP contribution in [-0.2, 0) is 0 Å². The molecule has 2 heterocycles. The van der Waals surface area contributed by atoms with Gasteiger partial charge >= 0.3 is 0 Å². The first-order chi connectivity index (χ1) is 13.0. The lowest BCUT2D eigenvalue weighted by Crippen LogP contribution is -2.12. The molecule has 1 amide bonds. The van der Waals surface area contributed by atoms with Crippen LogP contribution in [0, 0.1) is 19.7 Å². The second-order valence-electron chi connectivity index (χ2n) is 6.37. The zero-order valence-electron chi connectivity index (χ0n) is 14.8. The summed E-state index contributed by atoms with van der Waals surface area (Å²) in [6.45, 7) is 3.64. The van der Waals surface area contributed by atoms with E-state index < -0.39 is 5.82 Å². The summed E-state index contributed by atoms with van der Waals surface area (Å²) in [5, 5.41) is 3.41. The van der Waals surface area contributed by atoms with E-state index >= 15 is 0 Å². The number of nitrogens with one attached hydrogen (secondary N) is 1. The summed E-state index contributed by atoms with van der Waals surface area (Å²) in [5.41, 5.74) is 3.51. The minimum Gasteiger partial charge on any atom is -0.444 e. The van der Waals surface area contributed by atoms with Gasteiger partial charge in [0.25, 0.3) is 5.91 Å². The molecule has 1 N–H and O–H groups in total. The Morgan fingerprint density at radius 2 is 2.00 bits per heavy atom. The fraction of sp³-hybridized carbons (Fsp3) is 0.0952. The fourth-order valence-corrected chi connectivity index (χ4v) is 2.89. The first-order valence-electron chi connectivity index (χ1n) is 8.39. The van der Waals surface area contributed by atoms with Gasteiger partial charge in [0.05, 0.1) is 11.3 Å². The van der Waals surface area contributed by atoms with E-state index in [1.807, 2.05) is 19.1 Å². The van der Waals surface area contributed by atoms with Gasteiger partial charge < -0.3 is 9.73 Å². The van der Waals surface area contributed by atoms with Crippen molar-refractivity contribution in [2.45, 2.75) is 13.8 Å². The van der Waals surface area contributed by atoms with Crippen molar-refractivity contribution < 1.29 is 13.6 Å². The SMILES string of the molecule is Cc1cc(F)c2ncc(C(=O)Nc3cccc(-c4nc(C)co4)c3)cc2c1. The molecule has 0 aliphatic heterocycles. The van der Waals surface area contributed by atoms with Crippen molar-refractivity contribution in [1.82, 2.24) is 9.97 Å². The van der Waals surface area contributed by atoms with Gasteiger partial charge in [-0.25, -0.2) is 9.37 Å². The number of oxazole rings is 1. The van der Waals surface area contributed by atoms with Crippen LogP contribution >= 0.6 is 0 Å². The van der Waals surface area contributed by atoms with Crippen LogP contribution in [0.2, 0.25) is 0 Å². The maximum Gasteiger partial charge on any atom is 0.257 e. The summed E-state index contributed by atoms with van der Waals surface area (Å²) in [5.74, 6) is -0.236. The molecule has 2 aromatic carbocycles. The van der Waals surface area contributed by atoms with E-state index in [9.17, 15) is 9.18 Å². The number of hydrogen-bond donors (Lipinski definition) is 1. The molecule has 4 aromatic rings. The van der Waals surface area contributed by atoms with Crippen molar-refractivity contribution >= 4 is 22.5 Å². The van der Waals surface area contributed by atoms with Crippen LogP contribution in [0.15, 0.2) is 59.3 Å². The second-order valence-corrected chi connectivity index (χ2v) is 6.37. The molecule has 2 aromatic heterocycles. The Balaban J connectivity index is 1.62. The molecule has 0 spiro atoms. The number of pyridine rings is 1. The third kappa shape index (κ3) is 3.42. The molecule has 5 nitrogen and oxygen atoms in total. The van der Waals surface area contributed by atoms with Crippen LogP contribution in [0.1, 0.15) is 21.6 Å². The van der Waals surface area contributed by atoms with Crippen molar-refractivity contribution in [2.75, 3.05) is 5.32 Å². The summed E-state index contributed by atoms with van der Waals surface area (Å²) in [6, 6.07) is 12.1. The maximum absolute atomic E-state index is 14.0. The van der Waals surface area contributed by atoms with E-state index in [1.54, 1.807) is 37.5 Å². The predicted octanol–water partition coefficient (Wildman–Crippen LogP) is 4.90. The lowest BCUT2D eigenvalue weighted by atomic mass is 10.1. The molecule has 0 aliphatic carbocycles. The van der Waals surface area contributed by atoms with Crippen LogP contribution in [0.5, 0.6) is 0 Å². The predicted molar refractivity (Wildman–Crippen MR) is 101 cm³/mol. The lowest BCUT2D eigenvalue weighted by Gasteiger charge is -2.08. The standard InChI is InChI=1S/C21H16FN3O2/c1-12-6-15-8-16(10-23-19(15)18(22)7-12)20(26)25-17-5-3-4-14(9-17)21-24-13(2)11-27-21/h3-11H,1-2H3,(H,25,26). The first-order valence-corrected chi connectivity index (χ1v) is 8.39. The Hall–Kier alpha value is -3.54. The van der Waals surface area contributed by atoms with Crippen molar-refractivity contribution in [3.05, 3.63) is 77.6 Å². The highest BCUT2D eigenvalue weighted by Gasteiger charge is 2.12. The number of anilines is 1. The van der Waals surface area contributed by atoms with Crippen LogP contribution in [0.25, 0.3) is 22.4 Å². The van der Waals surface area contributed by atoms with E-state index in [-0.39, 0.29) is 11.4 Å². The highest BCUT2D eigenvalue weighted by Crippen LogP contribution is 2.23. The van der Waals surface area contributed by atoms with E-state index in [0.29, 0.717) is 22.5 Å². The van der Waals surface area contributed by atoms with E-state index in [2.05, 4.69) is 15.3 Å². The summed E-state index contributed by atoms with van der Waals surface area (Å²) < 4.78 is 19.4. The van der Waals surface area contributed by atoms with Gasteiger partial charge in [0, 0.05) is 22.8 Å². The van der Waals surface area contributed by atoms with Crippen molar-refractivity contribution in [2.24, 2.45) is 0 Å². The number of rotatable bonds is 3. The highest BCUT2D eigenvalue weighted by molar-refractivity contribution is 6.06. The normalized spacial score (nSPS) is 10.9. The van der Waals surface area contributed by atoms with Crippen molar-refractivity contribution in [3.63, 3.8) is 0 Å². The van der Waals surface area contributed by atoms with Gasteiger partial charge in [-0.05, 0) is 55.8 Å². The topological polar surface area (TPSA) is 68.0 Å². The number of carbonyl (C=O) groups excluding carboxylic acids is 1. The van der Waals surface area contributed by atoms with Crippen LogP contribution in [-0.4, -0.2) is 15.9 Å². The van der Waals surface area contributed by atoms with Gasteiger partial charge in [-0.2, -0.15) is 0 Å². The minimum atomic E-state index is -0.397. The van der Waals surface area contributed by atoms with Gasteiger partial charge in [-0.3, -0.25) is 9.78 Å². The zero-order valence-corrected chi connectivity index (χ0v) is 14.8. The number of amides is 1. The fourth-order valence-electron chi connectivity index (χ4n) is 2.89. The Morgan fingerprint density at radius 1 is 1.15 bits per heavy atom. The third-order valence-electron chi connectivity index (χ3n) is 4.13. The van der Waals surface area contributed by atoms with Crippen LogP contribution < -0.4 is 5.32 Å². The average Bonchev–Trinajstić information content (AvgIpc) is 3.08. The number of benzene rings is 2. The van der Waals surface area contributed by atoms with Gasteiger partial charge in [-0.1, -0.05) is 6.07 Å². The molecule has 0 aliphatic rings. The molecule has 0 radical (unpaired) electrons. The first kappa shape index (κ1) is 16.9. The molecular formula is C21H16FN3O2. The molecule has 0 saturated carbocycles. The Kier molecular flexibility index (Phi) is 4.16. The van der Waals surface area contributed by atoms with E-state index in [4.69, 9.17) is 4.42 Å². The zero-order chi connectivity index (χ0) is 19.0. The molecule has 27 heavy (non-hydrogen) atoms. The molecule has 0 bridgehead atoms. The minimum absolute atomic E-state index is 0.249. The van der Waals surface area contributed by atoms with Crippen LogP contribution in [0.4, 0.5) is 10.1 Å². The molecule has 0 atom stereocenters. The smallest absolute Gasteiger partial charge is 0.257 e. The Labute approximate surface area is 154 Å². The summed E-state index contributed by atoms with van der Waals surface area (Å²) in [7, 11) is 0. The molecule has 0 unspecified atom stereocenters. The van der Waals surface area contributed by atoms with Crippen molar-refractivity contribution in [1.29, 1.82) is 0 Å². The number of fused-ring (bicyclic) bond motifs is 1. The molecule has 4 rings (SSSR count). The van der Waals surface area contributed by atoms with Crippen LogP contribution in [0.3, 0.4) is 0 Å². The van der Waals surface area contributed by atoms with Gasteiger partial charge in [0.15, 0.2) is 0 Å².